The molecule has 0 aliphatic carbocycles. The summed E-state index contributed by atoms with van der Waals surface area (Å²) in [5.74, 6) is 0. The second-order valence-electron chi connectivity index (χ2n) is 14.4. The minimum absolute atomic E-state index is 0.830. The molecule has 0 saturated carbocycles. The van der Waals surface area contributed by atoms with Crippen molar-refractivity contribution in [2.75, 3.05) is 4.90 Å². The fourth-order valence-corrected chi connectivity index (χ4v) is 8.62. The standard InChI is InChI=1S/C52H31NO3/c1-2-12-34-30-50-44(29-33(34)11-1)43-17-9-16-41(51(43)56-50)37-13-3-6-19-45(37)53(46-20-10-18-42-39-15-5-8-22-48(39)55-52(42)46)36-26-23-32(24-27-36)35-25-28-40-38-14-4-7-21-47(38)54-49(40)31-35/h1-31H. The Morgan fingerprint density at radius 3 is 1.70 bits per heavy atom. The Bertz CT molecular complexity index is 3490. The summed E-state index contributed by atoms with van der Waals surface area (Å²) in [6.45, 7) is 0. The van der Waals surface area contributed by atoms with E-state index in [0.29, 0.717) is 0 Å². The van der Waals surface area contributed by atoms with Crippen LogP contribution in [0.5, 0.6) is 0 Å². The Labute approximate surface area is 321 Å². The van der Waals surface area contributed by atoms with E-state index in [1.54, 1.807) is 0 Å². The van der Waals surface area contributed by atoms with Crippen molar-refractivity contribution in [1.29, 1.82) is 0 Å². The number of rotatable bonds is 5. The molecule has 0 aliphatic rings. The van der Waals surface area contributed by atoms with Gasteiger partial charge in [-0.3, -0.25) is 0 Å². The lowest BCUT2D eigenvalue weighted by Gasteiger charge is -2.28. The van der Waals surface area contributed by atoms with Gasteiger partial charge in [-0.25, -0.2) is 0 Å². The summed E-state index contributed by atoms with van der Waals surface area (Å²) >= 11 is 0. The van der Waals surface area contributed by atoms with E-state index in [-0.39, 0.29) is 0 Å². The number of benzene rings is 9. The van der Waals surface area contributed by atoms with Crippen LogP contribution in [0.2, 0.25) is 0 Å². The van der Waals surface area contributed by atoms with Crippen LogP contribution in [0.4, 0.5) is 17.1 Å². The molecule has 9 aromatic carbocycles. The van der Waals surface area contributed by atoms with Crippen molar-refractivity contribution in [3.05, 3.63) is 188 Å². The summed E-state index contributed by atoms with van der Waals surface area (Å²) < 4.78 is 19.7. The minimum atomic E-state index is 0.830. The molecule has 12 aromatic rings. The molecule has 0 N–H and O–H groups in total. The largest absolute Gasteiger partial charge is 0.456 e. The van der Waals surface area contributed by atoms with Crippen LogP contribution < -0.4 is 4.90 Å². The fourth-order valence-electron chi connectivity index (χ4n) is 8.62. The van der Waals surface area contributed by atoms with Gasteiger partial charge in [0.05, 0.1) is 11.4 Å². The Morgan fingerprint density at radius 1 is 0.304 bits per heavy atom. The smallest absolute Gasteiger partial charge is 0.159 e. The summed E-state index contributed by atoms with van der Waals surface area (Å²) in [6.07, 6.45) is 0. The molecule has 0 bridgehead atoms. The second kappa shape index (κ2) is 12.0. The Hall–Kier alpha value is -7.56. The molecular formula is C52H31NO3. The van der Waals surface area contributed by atoms with Crippen LogP contribution in [0.15, 0.2) is 201 Å². The van der Waals surface area contributed by atoms with Crippen LogP contribution in [-0.2, 0) is 0 Å². The van der Waals surface area contributed by atoms with Crippen molar-refractivity contribution >= 4 is 93.7 Å². The van der Waals surface area contributed by atoms with Crippen molar-refractivity contribution in [3.8, 4) is 22.3 Å². The lowest BCUT2D eigenvalue weighted by Crippen LogP contribution is -2.11. The molecule has 0 spiro atoms. The van der Waals surface area contributed by atoms with E-state index in [1.807, 2.05) is 24.3 Å². The lowest BCUT2D eigenvalue weighted by atomic mass is 9.98. The highest BCUT2D eigenvalue weighted by molar-refractivity contribution is 6.15. The van der Waals surface area contributed by atoms with Gasteiger partial charge in [-0.15, -0.1) is 0 Å². The third-order valence-corrected chi connectivity index (χ3v) is 11.3. The van der Waals surface area contributed by atoms with Gasteiger partial charge in [0.2, 0.25) is 0 Å². The summed E-state index contributed by atoms with van der Waals surface area (Å²) in [6, 6.07) is 66.0. The number of hydrogen-bond acceptors (Lipinski definition) is 4. The first-order valence-electron chi connectivity index (χ1n) is 18.9. The van der Waals surface area contributed by atoms with Crippen LogP contribution in [0.1, 0.15) is 0 Å². The fraction of sp³-hybridized carbons (Fsp3) is 0. The zero-order valence-corrected chi connectivity index (χ0v) is 30.1. The van der Waals surface area contributed by atoms with Crippen LogP contribution in [0.3, 0.4) is 0 Å². The summed E-state index contributed by atoms with van der Waals surface area (Å²) in [5, 5.41) is 8.97. The first-order chi connectivity index (χ1) is 27.7. The highest BCUT2D eigenvalue weighted by Crippen LogP contribution is 2.47. The average molecular weight is 718 g/mol. The number of hydrogen-bond donors (Lipinski definition) is 0. The first-order valence-corrected chi connectivity index (χ1v) is 18.9. The maximum absolute atomic E-state index is 6.77. The van der Waals surface area contributed by atoms with Crippen molar-refractivity contribution in [1.82, 2.24) is 0 Å². The molecule has 4 nitrogen and oxygen atoms in total. The number of nitrogens with zero attached hydrogens (tertiary/aromatic N) is 1. The van der Waals surface area contributed by atoms with Gasteiger partial charge in [0.1, 0.15) is 27.9 Å². The summed E-state index contributed by atoms with van der Waals surface area (Å²) in [4.78, 5) is 2.32. The SMILES string of the molecule is c1ccc(N(c2ccc(-c3ccc4c(c3)oc3ccccc34)cc2)c2cccc3c2oc2ccccc23)c(-c2cccc3c2oc2cc4ccccc4cc23)c1. The molecule has 0 atom stereocenters. The minimum Gasteiger partial charge on any atom is -0.456 e. The molecule has 3 aromatic heterocycles. The second-order valence-corrected chi connectivity index (χ2v) is 14.4. The van der Waals surface area contributed by atoms with Gasteiger partial charge >= 0.3 is 0 Å². The molecule has 0 saturated heterocycles. The number of anilines is 3. The van der Waals surface area contributed by atoms with E-state index < -0.39 is 0 Å². The highest BCUT2D eigenvalue weighted by Gasteiger charge is 2.24. The van der Waals surface area contributed by atoms with Crippen LogP contribution in [0, 0.1) is 0 Å². The zero-order valence-electron chi connectivity index (χ0n) is 30.1. The molecule has 0 fully saturated rings. The molecule has 3 heterocycles. The molecule has 4 heteroatoms. The Balaban J connectivity index is 1.06. The van der Waals surface area contributed by atoms with E-state index in [2.05, 4.69) is 169 Å². The number of para-hydroxylation sites is 5. The Morgan fingerprint density at radius 2 is 0.857 bits per heavy atom. The maximum atomic E-state index is 6.77. The zero-order chi connectivity index (χ0) is 36.7. The van der Waals surface area contributed by atoms with Gasteiger partial charge in [0, 0.05) is 49.1 Å². The molecule has 262 valence electrons. The van der Waals surface area contributed by atoms with Gasteiger partial charge < -0.3 is 18.2 Å². The lowest BCUT2D eigenvalue weighted by molar-refractivity contribution is 0.668. The van der Waals surface area contributed by atoms with Gasteiger partial charge in [-0.2, -0.15) is 0 Å². The quantitative estimate of drug-likeness (QED) is 0.178. The summed E-state index contributed by atoms with van der Waals surface area (Å²) in [7, 11) is 0. The average Bonchev–Trinajstić information content (AvgIpc) is 3.94. The predicted octanol–water partition coefficient (Wildman–Crippen LogP) is 15.3. The van der Waals surface area contributed by atoms with Gasteiger partial charge in [0.25, 0.3) is 0 Å². The molecule has 56 heavy (non-hydrogen) atoms. The van der Waals surface area contributed by atoms with E-state index in [9.17, 15) is 0 Å². The predicted molar refractivity (Wildman–Crippen MR) is 231 cm³/mol. The highest BCUT2D eigenvalue weighted by atomic mass is 16.3. The van der Waals surface area contributed by atoms with Crippen molar-refractivity contribution < 1.29 is 13.3 Å². The van der Waals surface area contributed by atoms with Crippen molar-refractivity contribution in [2.45, 2.75) is 0 Å². The maximum Gasteiger partial charge on any atom is 0.159 e. The van der Waals surface area contributed by atoms with E-state index >= 15 is 0 Å². The van der Waals surface area contributed by atoms with Crippen LogP contribution in [-0.4, -0.2) is 0 Å². The topological polar surface area (TPSA) is 42.7 Å². The molecule has 0 unspecified atom stereocenters. The monoisotopic (exact) mass is 717 g/mol. The number of fused-ring (bicyclic) bond motifs is 10. The van der Waals surface area contributed by atoms with Crippen molar-refractivity contribution in [2.24, 2.45) is 0 Å². The normalized spacial score (nSPS) is 11.9. The third kappa shape index (κ3) is 4.66. The first kappa shape index (κ1) is 30.9. The van der Waals surface area contributed by atoms with Crippen LogP contribution in [0.25, 0.3) is 98.8 Å². The van der Waals surface area contributed by atoms with Gasteiger partial charge in [-0.05, 0) is 82.6 Å². The molecule has 0 amide bonds. The van der Waals surface area contributed by atoms with Crippen LogP contribution >= 0.6 is 0 Å². The molecule has 0 radical (unpaired) electrons. The molecule has 0 aliphatic heterocycles. The summed E-state index contributed by atoms with van der Waals surface area (Å²) in [5.41, 5.74) is 12.4. The molecule has 12 rings (SSSR count). The third-order valence-electron chi connectivity index (χ3n) is 11.3. The van der Waals surface area contributed by atoms with E-state index in [4.69, 9.17) is 13.3 Å². The van der Waals surface area contributed by atoms with E-state index in [0.717, 1.165) is 111 Å². The van der Waals surface area contributed by atoms with E-state index in [1.165, 1.54) is 5.39 Å². The number of furan rings is 3. The Kier molecular flexibility index (Phi) is 6.60. The van der Waals surface area contributed by atoms with Gasteiger partial charge in [-0.1, -0.05) is 127 Å². The van der Waals surface area contributed by atoms with Crippen molar-refractivity contribution in [3.63, 3.8) is 0 Å². The molecular weight excluding hydrogens is 687 g/mol. The van der Waals surface area contributed by atoms with Gasteiger partial charge in [0.15, 0.2) is 5.58 Å².